The van der Waals surface area contributed by atoms with E-state index in [4.69, 9.17) is 4.99 Å². The van der Waals surface area contributed by atoms with Gasteiger partial charge in [-0.2, -0.15) is 0 Å². The number of rotatable bonds is 2. The van der Waals surface area contributed by atoms with Crippen LogP contribution in [0, 0.1) is 0 Å². The van der Waals surface area contributed by atoms with Crippen LogP contribution in [0.2, 0.25) is 0 Å². The van der Waals surface area contributed by atoms with Crippen molar-refractivity contribution in [1.82, 2.24) is 5.32 Å². The van der Waals surface area contributed by atoms with Gasteiger partial charge in [-0.1, -0.05) is 53.2 Å². The summed E-state index contributed by atoms with van der Waals surface area (Å²) in [6.07, 6.45) is 7.40. The Bertz CT molecular complexity index is 668. The van der Waals surface area contributed by atoms with Gasteiger partial charge in [0.1, 0.15) is 0 Å². The summed E-state index contributed by atoms with van der Waals surface area (Å²) >= 11 is 0. The van der Waals surface area contributed by atoms with Gasteiger partial charge >= 0.3 is 0 Å². The summed E-state index contributed by atoms with van der Waals surface area (Å²) in [6, 6.07) is 5.29. The van der Waals surface area contributed by atoms with E-state index in [9.17, 15) is 0 Å². The summed E-state index contributed by atoms with van der Waals surface area (Å²) in [6.45, 7) is 15.1. The van der Waals surface area contributed by atoms with Crippen LogP contribution in [0.15, 0.2) is 17.1 Å². The average molecular weight is 377 g/mol. The normalized spacial score (nSPS) is 20.5. The van der Waals surface area contributed by atoms with Crippen LogP contribution in [-0.2, 0) is 17.3 Å². The minimum atomic E-state index is 0. The molecular formula is C23H37ClN2. The third kappa shape index (κ3) is 4.44. The first kappa shape index (κ1) is 21.3. The smallest absolute Gasteiger partial charge is 0.0967 e. The van der Waals surface area contributed by atoms with Crippen molar-refractivity contribution in [3.63, 3.8) is 0 Å². The fourth-order valence-corrected chi connectivity index (χ4v) is 4.29. The van der Waals surface area contributed by atoms with Crippen molar-refractivity contribution in [1.29, 1.82) is 0 Å². The molecule has 1 aliphatic carbocycles. The lowest BCUT2D eigenvalue weighted by atomic mass is 9.79. The van der Waals surface area contributed by atoms with E-state index in [1.165, 1.54) is 49.1 Å². The number of halogens is 1. The zero-order valence-corrected chi connectivity index (χ0v) is 18.4. The van der Waals surface area contributed by atoms with E-state index in [0.717, 1.165) is 13.0 Å². The van der Waals surface area contributed by atoms with E-state index < -0.39 is 0 Å². The molecule has 1 atom stereocenters. The molecule has 0 aromatic heterocycles. The summed E-state index contributed by atoms with van der Waals surface area (Å²) in [5.41, 5.74) is 6.61. The van der Waals surface area contributed by atoms with Crippen molar-refractivity contribution in [2.24, 2.45) is 4.99 Å². The predicted octanol–water partition coefficient (Wildman–Crippen LogP) is 6.25. The molecule has 2 aliphatic rings. The van der Waals surface area contributed by atoms with Gasteiger partial charge in [-0.05, 0) is 65.7 Å². The number of nitrogens with zero attached hydrogens (tertiary/aromatic N) is 1. The molecule has 3 rings (SSSR count). The minimum Gasteiger partial charge on any atom is -0.367 e. The van der Waals surface area contributed by atoms with Crippen LogP contribution in [0.5, 0.6) is 0 Å². The van der Waals surface area contributed by atoms with Crippen LogP contribution < -0.4 is 5.32 Å². The van der Waals surface area contributed by atoms with Crippen molar-refractivity contribution in [3.8, 4) is 0 Å². The van der Waals surface area contributed by atoms with Gasteiger partial charge in [0.25, 0.3) is 0 Å². The molecule has 26 heavy (non-hydrogen) atoms. The molecule has 0 saturated carbocycles. The molecule has 1 N–H and O–H groups in total. The molecule has 0 radical (unpaired) electrons. The first-order valence-electron chi connectivity index (χ1n) is 10.2. The number of benzene rings is 1. The van der Waals surface area contributed by atoms with E-state index >= 15 is 0 Å². The van der Waals surface area contributed by atoms with E-state index in [-0.39, 0.29) is 17.8 Å². The van der Waals surface area contributed by atoms with Gasteiger partial charge in [0.15, 0.2) is 0 Å². The van der Waals surface area contributed by atoms with Crippen LogP contribution in [0.3, 0.4) is 0 Å². The summed E-state index contributed by atoms with van der Waals surface area (Å²) in [7, 11) is 0. The van der Waals surface area contributed by atoms with Crippen molar-refractivity contribution < 1.29 is 0 Å². The Morgan fingerprint density at radius 1 is 1.08 bits per heavy atom. The Morgan fingerprint density at radius 2 is 1.81 bits per heavy atom. The zero-order chi connectivity index (χ0) is 18.2. The molecule has 0 amide bonds. The van der Waals surface area contributed by atoms with Gasteiger partial charge in [-0.15, -0.1) is 12.4 Å². The van der Waals surface area contributed by atoms with E-state index in [1.54, 1.807) is 11.1 Å². The van der Waals surface area contributed by atoms with Crippen molar-refractivity contribution in [2.75, 3.05) is 6.54 Å². The Morgan fingerprint density at radius 3 is 2.50 bits per heavy atom. The van der Waals surface area contributed by atoms with Crippen molar-refractivity contribution in [2.45, 2.75) is 96.9 Å². The molecule has 0 saturated heterocycles. The highest BCUT2D eigenvalue weighted by Crippen LogP contribution is 2.43. The maximum absolute atomic E-state index is 4.79. The van der Waals surface area contributed by atoms with E-state index in [0.29, 0.717) is 11.5 Å². The molecule has 0 fully saturated rings. The lowest BCUT2D eigenvalue weighted by Gasteiger charge is -2.28. The highest BCUT2D eigenvalue weighted by atomic mass is 35.5. The second-order valence-electron chi connectivity index (χ2n) is 9.73. The number of amidine groups is 1. The monoisotopic (exact) mass is 376 g/mol. The zero-order valence-electron chi connectivity index (χ0n) is 17.5. The quantitative estimate of drug-likeness (QED) is 0.647. The molecule has 1 aromatic carbocycles. The minimum absolute atomic E-state index is 0. The predicted molar refractivity (Wildman–Crippen MR) is 116 cm³/mol. The molecule has 0 spiro atoms. The maximum Gasteiger partial charge on any atom is 0.0967 e. The molecule has 146 valence electrons. The Labute approximate surface area is 166 Å². The average Bonchev–Trinajstić information content (AvgIpc) is 2.71. The van der Waals surface area contributed by atoms with E-state index in [1.807, 2.05) is 0 Å². The molecule has 1 aliphatic heterocycles. The van der Waals surface area contributed by atoms with E-state index in [2.05, 4.69) is 59.0 Å². The van der Waals surface area contributed by atoms with Gasteiger partial charge in [0.2, 0.25) is 0 Å². The van der Waals surface area contributed by atoms with Gasteiger partial charge in [0, 0.05) is 19.0 Å². The molecule has 0 bridgehead atoms. The van der Waals surface area contributed by atoms with Gasteiger partial charge in [0.05, 0.1) is 5.84 Å². The fraction of sp³-hybridized carbons (Fsp3) is 0.696. The number of fused-ring (bicyclic) bond motifs is 1. The fourth-order valence-electron chi connectivity index (χ4n) is 4.29. The van der Waals surface area contributed by atoms with Gasteiger partial charge < -0.3 is 5.32 Å². The highest BCUT2D eigenvalue weighted by Gasteiger charge is 2.34. The SMILES string of the molecule is CC(NC1=NCCCCC1)c1cc(C(C)(C)C)cc2c1CCC2(C)C.Cl. The number of hydrogen-bond donors (Lipinski definition) is 1. The molecule has 1 aromatic rings. The summed E-state index contributed by atoms with van der Waals surface area (Å²) in [5, 5.41) is 3.76. The molecular weight excluding hydrogens is 340 g/mol. The standard InChI is InChI=1S/C23H36N2.ClH/c1-16(25-21-10-8-7-9-13-24-21)19-14-17(22(2,3)4)15-20-18(19)11-12-23(20,5)6;/h14-16H,7-13H2,1-6H3,(H,24,25);1H. The number of nitrogens with one attached hydrogen (secondary N) is 1. The lowest BCUT2D eigenvalue weighted by molar-refractivity contribution is 0.519. The Kier molecular flexibility index (Phi) is 6.48. The Hall–Kier alpha value is -1.02. The van der Waals surface area contributed by atoms with Crippen LogP contribution in [0.4, 0.5) is 0 Å². The first-order valence-corrected chi connectivity index (χ1v) is 10.2. The Balaban J connectivity index is 0.00000243. The lowest BCUT2D eigenvalue weighted by Crippen LogP contribution is -2.28. The highest BCUT2D eigenvalue weighted by molar-refractivity contribution is 5.85. The van der Waals surface area contributed by atoms with Crippen molar-refractivity contribution >= 4 is 18.2 Å². The number of hydrogen-bond acceptors (Lipinski definition) is 2. The van der Waals surface area contributed by atoms with Crippen LogP contribution in [0.25, 0.3) is 0 Å². The second-order valence-corrected chi connectivity index (χ2v) is 9.73. The first-order chi connectivity index (χ1) is 11.7. The summed E-state index contributed by atoms with van der Waals surface area (Å²) < 4.78 is 0. The van der Waals surface area contributed by atoms with Crippen LogP contribution in [0.1, 0.15) is 102 Å². The largest absolute Gasteiger partial charge is 0.367 e. The summed E-state index contributed by atoms with van der Waals surface area (Å²) in [5.74, 6) is 1.22. The molecule has 2 nitrogen and oxygen atoms in total. The van der Waals surface area contributed by atoms with Gasteiger partial charge in [-0.25, -0.2) is 0 Å². The molecule has 3 heteroatoms. The van der Waals surface area contributed by atoms with Crippen molar-refractivity contribution in [3.05, 3.63) is 34.4 Å². The third-order valence-electron chi connectivity index (χ3n) is 6.10. The maximum atomic E-state index is 4.79. The number of aliphatic imine (C=N–C) groups is 1. The molecule has 1 heterocycles. The third-order valence-corrected chi connectivity index (χ3v) is 6.10. The van der Waals surface area contributed by atoms with Crippen LogP contribution >= 0.6 is 12.4 Å². The molecule has 1 unspecified atom stereocenters. The topological polar surface area (TPSA) is 24.4 Å². The summed E-state index contributed by atoms with van der Waals surface area (Å²) in [4.78, 5) is 4.79. The second kappa shape index (κ2) is 7.92. The van der Waals surface area contributed by atoms with Crippen LogP contribution in [-0.4, -0.2) is 12.4 Å². The van der Waals surface area contributed by atoms with Gasteiger partial charge in [-0.3, -0.25) is 4.99 Å².